The Morgan fingerprint density at radius 2 is 2.57 bits per heavy atom. The molecule has 1 aliphatic rings. The van der Waals surface area contributed by atoms with E-state index < -0.39 is 0 Å². The second kappa shape index (κ2) is 4.91. The summed E-state index contributed by atoms with van der Waals surface area (Å²) in [6.45, 7) is 0.230. The molecule has 1 rings (SSSR count). The Morgan fingerprint density at radius 1 is 1.86 bits per heavy atom. The van der Waals surface area contributed by atoms with Gasteiger partial charge in [0.25, 0.3) is 0 Å². The van der Waals surface area contributed by atoms with E-state index >= 15 is 0 Å². The SMILES string of the molecule is C#CCO[C@@H]1[C@@H](Cl)CC(C#N)=CN1C. The third-order valence-corrected chi connectivity index (χ3v) is 2.34. The summed E-state index contributed by atoms with van der Waals surface area (Å²) in [6.07, 6.45) is 7.10. The smallest absolute Gasteiger partial charge is 0.147 e. The van der Waals surface area contributed by atoms with Crippen LogP contribution in [0.25, 0.3) is 0 Å². The van der Waals surface area contributed by atoms with E-state index in [0.717, 1.165) is 0 Å². The minimum atomic E-state index is -0.246. The Hall–Kier alpha value is -1.16. The molecule has 2 atom stereocenters. The zero-order valence-electron chi connectivity index (χ0n) is 7.90. The molecule has 0 saturated heterocycles. The molecule has 0 bridgehead atoms. The van der Waals surface area contributed by atoms with Crippen LogP contribution in [0.15, 0.2) is 11.8 Å². The van der Waals surface area contributed by atoms with Gasteiger partial charge in [-0.25, -0.2) is 0 Å². The first-order chi connectivity index (χ1) is 6.69. The fourth-order valence-corrected chi connectivity index (χ4v) is 1.78. The molecule has 4 heteroatoms. The third-order valence-electron chi connectivity index (χ3n) is 1.97. The second-order valence-corrected chi connectivity index (χ2v) is 3.62. The Bertz CT molecular complexity index is 313. The van der Waals surface area contributed by atoms with E-state index in [1.165, 1.54) is 0 Å². The lowest BCUT2D eigenvalue weighted by molar-refractivity contribution is -0.0169. The number of nitrogens with zero attached hydrogens (tertiary/aromatic N) is 2. The first-order valence-corrected chi connectivity index (χ1v) is 4.64. The summed E-state index contributed by atoms with van der Waals surface area (Å²) in [5, 5.41) is 8.48. The quantitative estimate of drug-likeness (QED) is 0.510. The van der Waals surface area contributed by atoms with Gasteiger partial charge in [-0.2, -0.15) is 5.26 Å². The van der Waals surface area contributed by atoms with Crippen molar-refractivity contribution in [1.29, 1.82) is 5.26 Å². The standard InChI is InChI=1S/C10H11ClN2O/c1-3-4-14-10-9(11)5-8(6-12)7-13(10)2/h1,7,9-10H,4-5H2,2H3/t9-,10+/m0/s1. The molecule has 0 unspecified atom stereocenters. The maximum atomic E-state index is 8.71. The Balaban J connectivity index is 2.67. The van der Waals surface area contributed by atoms with Crippen molar-refractivity contribution in [3.05, 3.63) is 11.8 Å². The number of halogens is 1. The highest BCUT2D eigenvalue weighted by Crippen LogP contribution is 2.24. The van der Waals surface area contributed by atoms with Gasteiger partial charge in [-0.05, 0) is 0 Å². The molecule has 1 heterocycles. The summed E-state index contributed by atoms with van der Waals surface area (Å²) in [4.78, 5) is 1.77. The summed E-state index contributed by atoms with van der Waals surface area (Å²) in [5.74, 6) is 2.39. The minimum Gasteiger partial charge on any atom is -0.353 e. The maximum absolute atomic E-state index is 8.71. The van der Waals surface area contributed by atoms with Crippen molar-refractivity contribution in [1.82, 2.24) is 4.90 Å². The predicted octanol–water partition coefficient (Wildman–Crippen LogP) is 1.31. The summed E-state index contributed by atoms with van der Waals surface area (Å²) < 4.78 is 5.35. The molecule has 0 spiro atoms. The molecule has 1 aliphatic heterocycles. The van der Waals surface area contributed by atoms with Gasteiger partial charge in [-0.1, -0.05) is 5.92 Å². The number of hydrogen-bond donors (Lipinski definition) is 0. The Kier molecular flexibility index (Phi) is 3.83. The average molecular weight is 211 g/mol. The molecule has 0 amide bonds. The molecule has 3 nitrogen and oxygen atoms in total. The zero-order valence-corrected chi connectivity index (χ0v) is 8.66. The van der Waals surface area contributed by atoms with Crippen molar-refractivity contribution in [2.75, 3.05) is 13.7 Å². The average Bonchev–Trinajstić information content (AvgIpc) is 2.16. The van der Waals surface area contributed by atoms with Crippen LogP contribution in [0.1, 0.15) is 6.42 Å². The van der Waals surface area contributed by atoms with Gasteiger partial charge in [0.15, 0.2) is 0 Å². The molecule has 14 heavy (non-hydrogen) atoms. The summed E-state index contributed by atoms with van der Waals surface area (Å²) in [7, 11) is 1.81. The molecule has 0 fully saturated rings. The first-order valence-electron chi connectivity index (χ1n) is 4.21. The molecule has 0 aromatic heterocycles. The van der Waals surface area contributed by atoms with Crippen LogP contribution in [0.2, 0.25) is 0 Å². The molecule has 0 N–H and O–H groups in total. The van der Waals surface area contributed by atoms with Crippen LogP contribution < -0.4 is 0 Å². The number of nitriles is 1. The van der Waals surface area contributed by atoms with E-state index in [-0.39, 0.29) is 18.2 Å². The fraction of sp³-hybridized carbons (Fsp3) is 0.500. The number of allylic oxidation sites excluding steroid dienone is 1. The molecule has 0 aromatic rings. The molecule has 74 valence electrons. The van der Waals surface area contributed by atoms with Crippen LogP contribution in [-0.4, -0.2) is 30.2 Å². The highest BCUT2D eigenvalue weighted by atomic mass is 35.5. The lowest BCUT2D eigenvalue weighted by Gasteiger charge is -2.33. The van der Waals surface area contributed by atoms with Crippen molar-refractivity contribution < 1.29 is 4.74 Å². The highest BCUT2D eigenvalue weighted by Gasteiger charge is 2.28. The molecule has 0 aliphatic carbocycles. The van der Waals surface area contributed by atoms with E-state index in [2.05, 4.69) is 12.0 Å². The van der Waals surface area contributed by atoms with E-state index in [9.17, 15) is 0 Å². The first kappa shape index (κ1) is 10.9. The normalized spacial score (nSPS) is 26.3. The molecule has 0 saturated carbocycles. The van der Waals surface area contributed by atoms with Crippen molar-refractivity contribution in [2.45, 2.75) is 18.0 Å². The number of rotatable bonds is 2. The summed E-state index contributed by atoms with van der Waals surface area (Å²) in [6, 6.07) is 2.08. The van der Waals surface area contributed by atoms with E-state index in [1.807, 2.05) is 7.05 Å². The monoisotopic (exact) mass is 210 g/mol. The van der Waals surface area contributed by atoms with E-state index in [1.54, 1.807) is 11.1 Å². The number of alkyl halides is 1. The second-order valence-electron chi connectivity index (χ2n) is 3.06. The summed E-state index contributed by atoms with van der Waals surface area (Å²) >= 11 is 6.06. The van der Waals surface area contributed by atoms with Gasteiger partial charge in [0.1, 0.15) is 12.8 Å². The van der Waals surface area contributed by atoms with Gasteiger partial charge in [-0.3, -0.25) is 0 Å². The van der Waals surface area contributed by atoms with Crippen LogP contribution in [0.3, 0.4) is 0 Å². The van der Waals surface area contributed by atoms with Gasteiger partial charge < -0.3 is 9.64 Å². The number of terminal acetylenes is 1. The number of ether oxygens (including phenoxy) is 1. The summed E-state index contributed by atoms with van der Waals surface area (Å²) in [5.41, 5.74) is 0.660. The fourth-order valence-electron chi connectivity index (χ4n) is 1.37. The van der Waals surface area contributed by atoms with Gasteiger partial charge in [0, 0.05) is 25.2 Å². The van der Waals surface area contributed by atoms with Gasteiger partial charge in [0.05, 0.1) is 11.4 Å². The van der Waals surface area contributed by atoms with Crippen LogP contribution in [0.4, 0.5) is 0 Å². The van der Waals surface area contributed by atoms with Crippen LogP contribution in [-0.2, 0) is 4.74 Å². The van der Waals surface area contributed by atoms with Crippen LogP contribution >= 0.6 is 11.6 Å². The number of hydrogen-bond acceptors (Lipinski definition) is 3. The molecular formula is C10H11ClN2O. The van der Waals surface area contributed by atoms with Gasteiger partial charge in [-0.15, -0.1) is 18.0 Å². The lowest BCUT2D eigenvalue weighted by Crippen LogP contribution is -2.41. The predicted molar refractivity (Wildman–Crippen MR) is 54.3 cm³/mol. The molecule has 0 aromatic carbocycles. The molecule has 0 radical (unpaired) electrons. The van der Waals surface area contributed by atoms with Crippen molar-refractivity contribution in [3.8, 4) is 18.4 Å². The van der Waals surface area contributed by atoms with Gasteiger partial charge >= 0.3 is 0 Å². The largest absolute Gasteiger partial charge is 0.353 e. The van der Waals surface area contributed by atoms with Crippen molar-refractivity contribution in [3.63, 3.8) is 0 Å². The topological polar surface area (TPSA) is 36.3 Å². The van der Waals surface area contributed by atoms with Crippen LogP contribution in [0.5, 0.6) is 0 Å². The van der Waals surface area contributed by atoms with Crippen molar-refractivity contribution in [2.24, 2.45) is 0 Å². The van der Waals surface area contributed by atoms with Crippen molar-refractivity contribution >= 4 is 11.6 Å². The Morgan fingerprint density at radius 3 is 3.07 bits per heavy atom. The lowest BCUT2D eigenvalue weighted by atomic mass is 10.1. The Labute approximate surface area is 88.9 Å². The highest BCUT2D eigenvalue weighted by molar-refractivity contribution is 6.21. The molecular weight excluding hydrogens is 200 g/mol. The van der Waals surface area contributed by atoms with E-state index in [0.29, 0.717) is 12.0 Å². The third kappa shape index (κ3) is 2.42. The zero-order chi connectivity index (χ0) is 10.6. The van der Waals surface area contributed by atoms with Gasteiger partial charge in [0.2, 0.25) is 0 Å². The maximum Gasteiger partial charge on any atom is 0.147 e. The van der Waals surface area contributed by atoms with E-state index in [4.69, 9.17) is 28.0 Å². The van der Waals surface area contributed by atoms with Crippen LogP contribution in [0, 0.1) is 23.7 Å². The minimum absolute atomic E-state index is 0.229.